The molecule has 0 spiro atoms. The molecule has 0 saturated carbocycles. The summed E-state index contributed by atoms with van der Waals surface area (Å²) in [4.78, 5) is 11.0. The maximum absolute atomic E-state index is 11.0. The highest BCUT2D eigenvalue weighted by Gasteiger charge is 2.06. The van der Waals surface area contributed by atoms with Crippen LogP contribution >= 0.6 is 0 Å². The first kappa shape index (κ1) is 13.8. The van der Waals surface area contributed by atoms with Gasteiger partial charge in [0.05, 0.1) is 0 Å². The van der Waals surface area contributed by atoms with Gasteiger partial charge in [0, 0.05) is 6.92 Å². The minimum Gasteiger partial charge on any atom is -0.427 e. The number of carbonyl (C=O) groups is 1. The van der Waals surface area contributed by atoms with Crippen molar-refractivity contribution in [2.24, 2.45) is 0 Å². The van der Waals surface area contributed by atoms with Crippen molar-refractivity contribution in [3.05, 3.63) is 90.2 Å². The maximum atomic E-state index is 11.0. The standard InChI is InChI=1S/C18H16O2/c1-14(20-15(2)19)13-18(16-9-5-3-6-10-16)17-11-7-4-8-12-17/h3-13H,1H2,2H3. The van der Waals surface area contributed by atoms with Crippen LogP contribution in [-0.4, -0.2) is 5.97 Å². The van der Waals surface area contributed by atoms with Gasteiger partial charge in [0.2, 0.25) is 0 Å². The molecule has 0 fully saturated rings. The van der Waals surface area contributed by atoms with E-state index in [1.54, 1.807) is 6.08 Å². The molecule has 0 aliphatic carbocycles. The van der Waals surface area contributed by atoms with Crippen LogP contribution in [0.25, 0.3) is 5.57 Å². The number of benzene rings is 2. The summed E-state index contributed by atoms with van der Waals surface area (Å²) in [6.45, 7) is 5.13. The van der Waals surface area contributed by atoms with Crippen LogP contribution in [-0.2, 0) is 9.53 Å². The second-order valence-electron chi connectivity index (χ2n) is 4.35. The molecule has 100 valence electrons. The van der Waals surface area contributed by atoms with Gasteiger partial charge in [0.1, 0.15) is 5.76 Å². The van der Waals surface area contributed by atoms with E-state index in [2.05, 4.69) is 6.58 Å². The normalized spacial score (nSPS) is 9.65. The molecule has 2 aromatic rings. The Hall–Kier alpha value is -2.61. The highest BCUT2D eigenvalue weighted by atomic mass is 16.5. The van der Waals surface area contributed by atoms with Crippen molar-refractivity contribution in [3.63, 3.8) is 0 Å². The van der Waals surface area contributed by atoms with Crippen LogP contribution in [0.5, 0.6) is 0 Å². The van der Waals surface area contributed by atoms with Crippen molar-refractivity contribution < 1.29 is 9.53 Å². The molecule has 0 aliphatic heterocycles. The second kappa shape index (κ2) is 6.53. The van der Waals surface area contributed by atoms with Crippen LogP contribution < -0.4 is 0 Å². The third-order valence-electron chi connectivity index (χ3n) is 2.75. The van der Waals surface area contributed by atoms with Gasteiger partial charge in [-0.1, -0.05) is 67.2 Å². The lowest BCUT2D eigenvalue weighted by atomic mass is 9.97. The molecule has 0 aromatic heterocycles. The Morgan fingerprint density at radius 2 is 1.40 bits per heavy atom. The Morgan fingerprint density at radius 3 is 1.80 bits per heavy atom. The van der Waals surface area contributed by atoms with Gasteiger partial charge in [-0.05, 0) is 22.8 Å². The fraction of sp³-hybridized carbons (Fsp3) is 0.0556. The lowest BCUT2D eigenvalue weighted by molar-refractivity contribution is -0.136. The molecule has 0 amide bonds. The largest absolute Gasteiger partial charge is 0.427 e. The van der Waals surface area contributed by atoms with Gasteiger partial charge in [0.15, 0.2) is 0 Å². The summed E-state index contributed by atoms with van der Waals surface area (Å²) in [6.07, 6.45) is 1.78. The van der Waals surface area contributed by atoms with Crippen LogP contribution in [0.15, 0.2) is 79.1 Å². The van der Waals surface area contributed by atoms with Gasteiger partial charge in [-0.2, -0.15) is 0 Å². The molecule has 0 N–H and O–H groups in total. The fourth-order valence-electron chi connectivity index (χ4n) is 1.94. The van der Waals surface area contributed by atoms with Crippen molar-refractivity contribution in [2.75, 3.05) is 0 Å². The molecule has 0 radical (unpaired) electrons. The first-order chi connectivity index (χ1) is 9.66. The molecular weight excluding hydrogens is 248 g/mol. The Bertz CT molecular complexity index is 583. The lowest BCUT2D eigenvalue weighted by Gasteiger charge is -2.09. The van der Waals surface area contributed by atoms with Crippen LogP contribution in [0.4, 0.5) is 0 Å². The van der Waals surface area contributed by atoms with Gasteiger partial charge in [-0.3, -0.25) is 4.79 Å². The number of esters is 1. The lowest BCUT2D eigenvalue weighted by Crippen LogP contribution is -1.97. The molecule has 2 heteroatoms. The summed E-state index contributed by atoms with van der Waals surface area (Å²) in [5.41, 5.74) is 3.07. The Kier molecular flexibility index (Phi) is 4.51. The molecule has 0 saturated heterocycles. The highest BCUT2D eigenvalue weighted by molar-refractivity contribution is 5.81. The number of rotatable bonds is 4. The molecule has 2 rings (SSSR count). The number of hydrogen-bond acceptors (Lipinski definition) is 2. The Balaban J connectivity index is 2.43. The summed E-state index contributed by atoms with van der Waals surface area (Å²) in [7, 11) is 0. The average Bonchev–Trinajstić information content (AvgIpc) is 2.46. The zero-order valence-electron chi connectivity index (χ0n) is 11.4. The molecule has 0 unspecified atom stereocenters. The summed E-state index contributed by atoms with van der Waals surface area (Å²) in [6, 6.07) is 19.9. The minimum atomic E-state index is -0.369. The third-order valence-corrected chi connectivity index (χ3v) is 2.75. The third kappa shape index (κ3) is 3.69. The molecule has 20 heavy (non-hydrogen) atoms. The van der Waals surface area contributed by atoms with E-state index in [1.165, 1.54) is 6.92 Å². The van der Waals surface area contributed by atoms with Crippen molar-refractivity contribution in [2.45, 2.75) is 6.92 Å². The second-order valence-corrected chi connectivity index (χ2v) is 4.35. The van der Waals surface area contributed by atoms with Gasteiger partial charge in [-0.25, -0.2) is 0 Å². The maximum Gasteiger partial charge on any atom is 0.308 e. The molecule has 2 nitrogen and oxygen atoms in total. The van der Waals surface area contributed by atoms with E-state index in [9.17, 15) is 4.79 Å². The van der Waals surface area contributed by atoms with Gasteiger partial charge < -0.3 is 4.74 Å². The van der Waals surface area contributed by atoms with E-state index in [4.69, 9.17) is 4.74 Å². The van der Waals surface area contributed by atoms with Crippen molar-refractivity contribution >= 4 is 11.5 Å². The quantitative estimate of drug-likeness (QED) is 0.470. The van der Waals surface area contributed by atoms with E-state index in [1.807, 2.05) is 60.7 Å². The van der Waals surface area contributed by atoms with E-state index < -0.39 is 0 Å². The molecule has 0 aliphatic rings. The summed E-state index contributed by atoms with van der Waals surface area (Å²) < 4.78 is 5.01. The SMILES string of the molecule is C=C(C=C(c1ccccc1)c1ccccc1)OC(C)=O. The molecule has 0 heterocycles. The summed E-state index contributed by atoms with van der Waals surface area (Å²) in [5.74, 6) is -0.0353. The molecule has 0 atom stereocenters. The molecular formula is C18H16O2. The van der Waals surface area contributed by atoms with E-state index in [0.717, 1.165) is 16.7 Å². The topological polar surface area (TPSA) is 26.3 Å². The zero-order valence-corrected chi connectivity index (χ0v) is 11.4. The van der Waals surface area contributed by atoms with E-state index in [0.29, 0.717) is 5.76 Å². The summed E-state index contributed by atoms with van der Waals surface area (Å²) in [5, 5.41) is 0. The average molecular weight is 264 g/mol. The van der Waals surface area contributed by atoms with Crippen molar-refractivity contribution in [1.82, 2.24) is 0 Å². The predicted molar refractivity (Wildman–Crippen MR) is 80.9 cm³/mol. The van der Waals surface area contributed by atoms with Crippen molar-refractivity contribution in [3.8, 4) is 0 Å². The number of hydrogen-bond donors (Lipinski definition) is 0. The van der Waals surface area contributed by atoms with Gasteiger partial charge in [-0.15, -0.1) is 0 Å². The van der Waals surface area contributed by atoms with Crippen LogP contribution in [0.1, 0.15) is 18.1 Å². The van der Waals surface area contributed by atoms with Gasteiger partial charge >= 0.3 is 5.97 Å². The highest BCUT2D eigenvalue weighted by Crippen LogP contribution is 2.24. The Labute approximate surface area is 119 Å². The first-order valence-corrected chi connectivity index (χ1v) is 6.36. The molecule has 2 aromatic carbocycles. The number of carbonyl (C=O) groups excluding carboxylic acids is 1. The van der Waals surface area contributed by atoms with Crippen LogP contribution in [0.3, 0.4) is 0 Å². The van der Waals surface area contributed by atoms with E-state index in [-0.39, 0.29) is 5.97 Å². The minimum absolute atomic E-state index is 0.334. The van der Waals surface area contributed by atoms with Gasteiger partial charge in [0.25, 0.3) is 0 Å². The zero-order chi connectivity index (χ0) is 14.4. The Morgan fingerprint density at radius 1 is 0.950 bits per heavy atom. The number of ether oxygens (including phenoxy) is 1. The predicted octanol–water partition coefficient (Wildman–Crippen LogP) is 4.20. The van der Waals surface area contributed by atoms with Crippen molar-refractivity contribution in [1.29, 1.82) is 0 Å². The number of allylic oxidation sites excluding steroid dienone is 1. The van der Waals surface area contributed by atoms with E-state index >= 15 is 0 Å². The van der Waals surface area contributed by atoms with Crippen LogP contribution in [0, 0.1) is 0 Å². The fourth-order valence-corrected chi connectivity index (χ4v) is 1.94. The smallest absolute Gasteiger partial charge is 0.308 e. The summed E-state index contributed by atoms with van der Waals surface area (Å²) >= 11 is 0. The molecule has 0 bridgehead atoms. The first-order valence-electron chi connectivity index (χ1n) is 6.36. The van der Waals surface area contributed by atoms with Crippen LogP contribution in [0.2, 0.25) is 0 Å². The monoisotopic (exact) mass is 264 g/mol.